The Balaban J connectivity index is 1.68. The van der Waals surface area contributed by atoms with Gasteiger partial charge in [0.2, 0.25) is 5.91 Å². The maximum Gasteiger partial charge on any atom is 0.276 e. The lowest BCUT2D eigenvalue weighted by Crippen LogP contribution is -2.44. The fraction of sp³-hybridized carbons (Fsp3) is 0.333. The Kier molecular flexibility index (Phi) is 7.30. The maximum atomic E-state index is 11.8. The molecule has 0 saturated carbocycles. The van der Waals surface area contributed by atoms with Gasteiger partial charge >= 0.3 is 0 Å². The number of aryl methyl sites for hydroxylation is 1. The number of carbonyl (C=O) groups is 2. The van der Waals surface area contributed by atoms with E-state index in [9.17, 15) is 9.59 Å². The largest absolute Gasteiger partial charge is 0.484 e. The molecule has 27 heavy (non-hydrogen) atoms. The number of rotatable bonds is 6. The van der Waals surface area contributed by atoms with Crippen LogP contribution >= 0.6 is 11.8 Å². The van der Waals surface area contributed by atoms with Crippen LogP contribution in [0.1, 0.15) is 31.9 Å². The molecular formula is C21H26N2O3S. The molecule has 0 fully saturated rings. The summed E-state index contributed by atoms with van der Waals surface area (Å²) in [5.41, 5.74) is 7.18. The number of amides is 2. The molecule has 2 N–H and O–H groups in total. The third kappa shape index (κ3) is 7.35. The molecule has 0 spiro atoms. The van der Waals surface area contributed by atoms with E-state index in [4.69, 9.17) is 4.74 Å². The van der Waals surface area contributed by atoms with Gasteiger partial charge in [0.15, 0.2) is 6.61 Å². The van der Waals surface area contributed by atoms with Gasteiger partial charge in [0.1, 0.15) is 5.75 Å². The van der Waals surface area contributed by atoms with Gasteiger partial charge < -0.3 is 4.74 Å². The fourth-order valence-electron chi connectivity index (χ4n) is 2.20. The Morgan fingerprint density at radius 2 is 1.52 bits per heavy atom. The molecule has 2 rings (SSSR count). The minimum Gasteiger partial charge on any atom is -0.484 e. The quantitative estimate of drug-likeness (QED) is 0.588. The average molecular weight is 387 g/mol. The molecule has 0 saturated heterocycles. The SMILES string of the molecule is Cc1ccc(SCC(=O)NNC(=O)COc2ccc(C(C)(C)C)cc2)cc1. The number of carbonyl (C=O) groups excluding carboxylic acids is 2. The van der Waals surface area contributed by atoms with Crippen LogP contribution in [0.4, 0.5) is 0 Å². The van der Waals surface area contributed by atoms with Crippen molar-refractivity contribution in [3.05, 3.63) is 59.7 Å². The lowest BCUT2D eigenvalue weighted by atomic mass is 9.87. The van der Waals surface area contributed by atoms with Crippen molar-refractivity contribution in [2.24, 2.45) is 0 Å². The van der Waals surface area contributed by atoms with E-state index in [0.29, 0.717) is 5.75 Å². The number of benzene rings is 2. The first-order valence-electron chi connectivity index (χ1n) is 8.74. The number of hydrazine groups is 1. The van der Waals surface area contributed by atoms with Crippen molar-refractivity contribution in [2.75, 3.05) is 12.4 Å². The molecule has 2 amide bonds. The van der Waals surface area contributed by atoms with Crippen molar-refractivity contribution < 1.29 is 14.3 Å². The lowest BCUT2D eigenvalue weighted by molar-refractivity contribution is -0.128. The molecule has 5 nitrogen and oxygen atoms in total. The Morgan fingerprint density at radius 1 is 0.926 bits per heavy atom. The van der Waals surface area contributed by atoms with Crippen molar-refractivity contribution in [3.63, 3.8) is 0 Å². The normalized spacial score (nSPS) is 11.0. The summed E-state index contributed by atoms with van der Waals surface area (Å²) in [5, 5.41) is 0. The Bertz CT molecular complexity index is 766. The first-order chi connectivity index (χ1) is 12.7. The zero-order valence-corrected chi connectivity index (χ0v) is 17.0. The van der Waals surface area contributed by atoms with Crippen molar-refractivity contribution in [1.29, 1.82) is 0 Å². The maximum absolute atomic E-state index is 11.8. The number of thioether (sulfide) groups is 1. The average Bonchev–Trinajstić information content (AvgIpc) is 2.64. The van der Waals surface area contributed by atoms with Crippen molar-refractivity contribution in [2.45, 2.75) is 38.0 Å². The highest BCUT2D eigenvalue weighted by Crippen LogP contribution is 2.24. The zero-order chi connectivity index (χ0) is 19.9. The van der Waals surface area contributed by atoms with Gasteiger partial charge in [-0.1, -0.05) is 50.6 Å². The standard InChI is InChI=1S/C21H26N2O3S/c1-15-5-11-18(12-6-15)27-14-20(25)23-22-19(24)13-26-17-9-7-16(8-10-17)21(2,3)4/h5-12H,13-14H2,1-4H3,(H,22,24)(H,23,25). The third-order valence-corrected chi connectivity index (χ3v) is 4.83. The summed E-state index contributed by atoms with van der Waals surface area (Å²) >= 11 is 1.41. The molecular weight excluding hydrogens is 360 g/mol. The van der Waals surface area contributed by atoms with Gasteiger partial charge in [0.25, 0.3) is 5.91 Å². The number of ether oxygens (including phenoxy) is 1. The van der Waals surface area contributed by atoms with Crippen LogP contribution in [0, 0.1) is 6.92 Å². The Morgan fingerprint density at radius 3 is 2.11 bits per heavy atom. The molecule has 2 aromatic carbocycles. The highest BCUT2D eigenvalue weighted by molar-refractivity contribution is 8.00. The monoisotopic (exact) mass is 386 g/mol. The van der Waals surface area contributed by atoms with E-state index >= 15 is 0 Å². The molecule has 0 atom stereocenters. The van der Waals surface area contributed by atoms with Crippen LogP contribution < -0.4 is 15.6 Å². The summed E-state index contributed by atoms with van der Waals surface area (Å²) in [4.78, 5) is 24.6. The van der Waals surface area contributed by atoms with E-state index in [-0.39, 0.29) is 23.7 Å². The molecule has 6 heteroatoms. The van der Waals surface area contributed by atoms with Gasteiger partial charge in [-0.05, 0) is 42.2 Å². The van der Waals surface area contributed by atoms with E-state index in [1.165, 1.54) is 22.9 Å². The second-order valence-electron chi connectivity index (χ2n) is 7.26. The predicted octanol–water partition coefficient (Wildman–Crippen LogP) is 3.61. The molecule has 0 aliphatic rings. The molecule has 0 unspecified atom stereocenters. The van der Waals surface area contributed by atoms with Crippen molar-refractivity contribution in [3.8, 4) is 5.75 Å². The van der Waals surface area contributed by atoms with Gasteiger partial charge in [0.05, 0.1) is 5.75 Å². The molecule has 0 radical (unpaired) electrons. The second-order valence-corrected chi connectivity index (χ2v) is 8.31. The molecule has 0 heterocycles. The second kappa shape index (κ2) is 9.46. The summed E-state index contributed by atoms with van der Waals surface area (Å²) in [6.07, 6.45) is 0. The van der Waals surface area contributed by atoms with Crippen molar-refractivity contribution in [1.82, 2.24) is 10.9 Å². The number of hydrogen-bond donors (Lipinski definition) is 2. The van der Waals surface area contributed by atoms with Gasteiger partial charge in [-0.25, -0.2) is 0 Å². The van der Waals surface area contributed by atoms with Crippen molar-refractivity contribution >= 4 is 23.6 Å². The molecule has 0 aromatic heterocycles. The van der Waals surface area contributed by atoms with Gasteiger partial charge in [-0.3, -0.25) is 20.4 Å². The zero-order valence-electron chi connectivity index (χ0n) is 16.2. The third-order valence-electron chi connectivity index (χ3n) is 3.82. The first kappa shape index (κ1) is 20.8. The molecule has 0 aliphatic carbocycles. The summed E-state index contributed by atoms with van der Waals surface area (Å²) in [6, 6.07) is 15.6. The van der Waals surface area contributed by atoms with E-state index in [0.717, 1.165) is 4.90 Å². The van der Waals surface area contributed by atoms with Gasteiger partial charge in [-0.2, -0.15) is 0 Å². The van der Waals surface area contributed by atoms with E-state index in [1.54, 1.807) is 0 Å². The predicted molar refractivity (Wildman–Crippen MR) is 109 cm³/mol. The number of nitrogens with one attached hydrogen (secondary N) is 2. The minimum atomic E-state index is -0.413. The van der Waals surface area contributed by atoms with E-state index in [2.05, 4.69) is 31.6 Å². The van der Waals surface area contributed by atoms with Crippen LogP contribution in [0.25, 0.3) is 0 Å². The molecule has 0 bridgehead atoms. The van der Waals surface area contributed by atoms with Gasteiger partial charge in [-0.15, -0.1) is 11.8 Å². The van der Waals surface area contributed by atoms with Crippen LogP contribution in [0.3, 0.4) is 0 Å². The number of hydrogen-bond acceptors (Lipinski definition) is 4. The summed E-state index contributed by atoms with van der Waals surface area (Å²) < 4.78 is 5.44. The molecule has 0 aliphatic heterocycles. The Labute approximate surface area is 164 Å². The summed E-state index contributed by atoms with van der Waals surface area (Å²) in [6.45, 7) is 8.25. The Hall–Kier alpha value is -2.47. The van der Waals surface area contributed by atoms with E-state index < -0.39 is 5.91 Å². The van der Waals surface area contributed by atoms with Gasteiger partial charge in [0, 0.05) is 4.90 Å². The van der Waals surface area contributed by atoms with Crippen LogP contribution in [0.15, 0.2) is 53.4 Å². The minimum absolute atomic E-state index is 0.0662. The highest BCUT2D eigenvalue weighted by Gasteiger charge is 2.13. The smallest absolute Gasteiger partial charge is 0.276 e. The summed E-state index contributed by atoms with van der Waals surface area (Å²) in [5.74, 6) is 0.143. The topological polar surface area (TPSA) is 67.4 Å². The van der Waals surface area contributed by atoms with Crippen LogP contribution in [0.2, 0.25) is 0 Å². The summed E-state index contributed by atoms with van der Waals surface area (Å²) in [7, 11) is 0. The van der Waals surface area contributed by atoms with Crippen LogP contribution in [0.5, 0.6) is 5.75 Å². The first-order valence-corrected chi connectivity index (χ1v) is 9.73. The highest BCUT2D eigenvalue weighted by atomic mass is 32.2. The fourth-order valence-corrected chi connectivity index (χ4v) is 2.89. The lowest BCUT2D eigenvalue weighted by Gasteiger charge is -2.19. The molecule has 144 valence electrons. The van der Waals surface area contributed by atoms with E-state index in [1.807, 2.05) is 55.5 Å². The van der Waals surface area contributed by atoms with Crippen LogP contribution in [-0.2, 0) is 15.0 Å². The molecule has 2 aromatic rings. The van der Waals surface area contributed by atoms with Crippen LogP contribution in [-0.4, -0.2) is 24.2 Å².